The lowest BCUT2D eigenvalue weighted by atomic mass is 10.0. The van der Waals surface area contributed by atoms with E-state index in [0.29, 0.717) is 6.04 Å². The molecule has 4 heteroatoms. The third kappa shape index (κ3) is 4.25. The van der Waals surface area contributed by atoms with Gasteiger partial charge in [0.1, 0.15) is 5.75 Å². The lowest BCUT2D eigenvalue weighted by molar-refractivity contribution is -0.109. The van der Waals surface area contributed by atoms with Crippen LogP contribution in [0.4, 0.5) is 0 Å². The second-order valence-electron chi connectivity index (χ2n) is 6.63. The maximum Gasteiger partial charge on any atom is 0.173 e. The van der Waals surface area contributed by atoms with Crippen LogP contribution in [-0.4, -0.2) is 50.1 Å². The largest absolute Gasteiger partial charge is 0.493 e. The van der Waals surface area contributed by atoms with Crippen LogP contribution in [0, 0.1) is 13.8 Å². The molecule has 23 heavy (non-hydrogen) atoms. The van der Waals surface area contributed by atoms with E-state index >= 15 is 0 Å². The van der Waals surface area contributed by atoms with Gasteiger partial charge in [0.2, 0.25) is 0 Å². The molecule has 1 atom stereocenters. The number of rotatable bonds is 6. The molecule has 0 spiro atoms. The smallest absolute Gasteiger partial charge is 0.173 e. The maximum absolute atomic E-state index is 6.03. The zero-order chi connectivity index (χ0) is 16.1. The fourth-order valence-electron chi connectivity index (χ4n) is 3.67. The molecule has 2 aliphatic heterocycles. The molecule has 0 amide bonds. The first kappa shape index (κ1) is 16.7. The Morgan fingerprint density at radius 3 is 2.61 bits per heavy atom. The minimum Gasteiger partial charge on any atom is -0.493 e. The van der Waals surface area contributed by atoms with Gasteiger partial charge in [0.25, 0.3) is 0 Å². The lowest BCUT2D eigenvalue weighted by Crippen LogP contribution is -2.47. The number of hydrogen-bond donors (Lipinski definition) is 0. The molecule has 2 fully saturated rings. The highest BCUT2D eigenvalue weighted by atomic mass is 16.7. The maximum atomic E-state index is 6.03. The van der Waals surface area contributed by atoms with Crippen molar-refractivity contribution in [3.63, 3.8) is 0 Å². The van der Waals surface area contributed by atoms with Gasteiger partial charge in [0.15, 0.2) is 6.29 Å². The van der Waals surface area contributed by atoms with Gasteiger partial charge in [0, 0.05) is 6.54 Å². The molecular formula is C19H29NO3. The minimum absolute atomic E-state index is 0.0187. The Labute approximate surface area is 139 Å². The standard InChI is InChI=1S/C19H29NO3/c1-15-7-5-8-16(2)18(15)21-12-6-11-20-10-4-3-9-17(20)19-22-13-14-23-19/h5,7-8,17,19H,3-4,6,9-14H2,1-2H3/t17-/m0/s1. The molecule has 1 aromatic carbocycles. The van der Waals surface area contributed by atoms with Gasteiger partial charge in [-0.3, -0.25) is 4.90 Å². The molecule has 0 aliphatic carbocycles. The van der Waals surface area contributed by atoms with Gasteiger partial charge < -0.3 is 14.2 Å². The normalized spacial score (nSPS) is 23.3. The first-order chi connectivity index (χ1) is 11.3. The highest BCUT2D eigenvalue weighted by molar-refractivity contribution is 5.39. The summed E-state index contributed by atoms with van der Waals surface area (Å²) in [5.41, 5.74) is 2.43. The zero-order valence-electron chi connectivity index (χ0n) is 14.4. The molecule has 128 valence electrons. The Hall–Kier alpha value is -1.10. The van der Waals surface area contributed by atoms with E-state index in [1.165, 1.54) is 30.4 Å². The summed E-state index contributed by atoms with van der Waals surface area (Å²) in [5.74, 6) is 1.05. The molecule has 2 aliphatic rings. The zero-order valence-corrected chi connectivity index (χ0v) is 14.4. The molecule has 0 saturated carbocycles. The fraction of sp³-hybridized carbons (Fsp3) is 0.684. The third-order valence-electron chi connectivity index (χ3n) is 4.87. The van der Waals surface area contributed by atoms with E-state index in [-0.39, 0.29) is 6.29 Å². The van der Waals surface area contributed by atoms with Crippen molar-refractivity contribution < 1.29 is 14.2 Å². The quantitative estimate of drug-likeness (QED) is 0.753. The SMILES string of the molecule is Cc1cccc(C)c1OCCCN1CCCC[C@H]1C1OCCO1. The number of hydrogen-bond acceptors (Lipinski definition) is 4. The van der Waals surface area contributed by atoms with Crippen LogP contribution in [0.2, 0.25) is 0 Å². The second-order valence-corrected chi connectivity index (χ2v) is 6.63. The van der Waals surface area contributed by atoms with Crippen molar-refractivity contribution >= 4 is 0 Å². The number of nitrogens with zero attached hydrogens (tertiary/aromatic N) is 1. The van der Waals surface area contributed by atoms with Crippen molar-refractivity contribution in [2.45, 2.75) is 51.9 Å². The summed E-state index contributed by atoms with van der Waals surface area (Å²) in [7, 11) is 0. The summed E-state index contributed by atoms with van der Waals surface area (Å²) in [5, 5.41) is 0. The molecule has 0 aromatic heterocycles. The molecule has 0 unspecified atom stereocenters. The van der Waals surface area contributed by atoms with Crippen LogP contribution in [0.1, 0.15) is 36.8 Å². The minimum atomic E-state index is -0.0187. The molecule has 0 N–H and O–H groups in total. The molecule has 3 rings (SSSR count). The van der Waals surface area contributed by atoms with E-state index in [2.05, 4.69) is 36.9 Å². The Morgan fingerprint density at radius 2 is 1.87 bits per heavy atom. The third-order valence-corrected chi connectivity index (χ3v) is 4.87. The van der Waals surface area contributed by atoms with Crippen molar-refractivity contribution in [1.82, 2.24) is 4.90 Å². The average molecular weight is 319 g/mol. The van der Waals surface area contributed by atoms with E-state index in [1.807, 2.05) is 0 Å². The molecule has 2 heterocycles. The Kier molecular flexibility index (Phi) is 5.92. The van der Waals surface area contributed by atoms with Crippen molar-refractivity contribution in [3.05, 3.63) is 29.3 Å². The van der Waals surface area contributed by atoms with Crippen LogP contribution in [0.5, 0.6) is 5.75 Å². The number of benzene rings is 1. The highest BCUT2D eigenvalue weighted by Gasteiger charge is 2.33. The fourth-order valence-corrected chi connectivity index (χ4v) is 3.67. The van der Waals surface area contributed by atoms with Crippen molar-refractivity contribution in [3.8, 4) is 5.75 Å². The number of para-hydroxylation sites is 1. The number of likely N-dealkylation sites (tertiary alicyclic amines) is 1. The van der Waals surface area contributed by atoms with Crippen LogP contribution < -0.4 is 4.74 Å². The van der Waals surface area contributed by atoms with Gasteiger partial charge in [-0.1, -0.05) is 24.6 Å². The van der Waals surface area contributed by atoms with Crippen molar-refractivity contribution in [1.29, 1.82) is 0 Å². The first-order valence-electron chi connectivity index (χ1n) is 8.92. The average Bonchev–Trinajstić information content (AvgIpc) is 3.08. The molecular weight excluding hydrogens is 290 g/mol. The topological polar surface area (TPSA) is 30.9 Å². The van der Waals surface area contributed by atoms with E-state index < -0.39 is 0 Å². The van der Waals surface area contributed by atoms with Gasteiger partial charge in [0.05, 0.1) is 25.9 Å². The predicted octanol–water partition coefficient (Wildman–Crippen LogP) is 3.30. The van der Waals surface area contributed by atoms with Crippen LogP contribution in [0.3, 0.4) is 0 Å². The lowest BCUT2D eigenvalue weighted by Gasteiger charge is -2.37. The Balaban J connectivity index is 1.47. The van der Waals surface area contributed by atoms with Gasteiger partial charge in [-0.2, -0.15) is 0 Å². The van der Waals surface area contributed by atoms with Crippen LogP contribution in [0.15, 0.2) is 18.2 Å². The van der Waals surface area contributed by atoms with Crippen molar-refractivity contribution in [2.24, 2.45) is 0 Å². The summed E-state index contributed by atoms with van der Waals surface area (Å²) in [6, 6.07) is 6.72. The predicted molar refractivity (Wildman–Crippen MR) is 90.9 cm³/mol. The van der Waals surface area contributed by atoms with E-state index in [9.17, 15) is 0 Å². The summed E-state index contributed by atoms with van der Waals surface area (Å²) in [6.45, 7) is 8.67. The number of ether oxygens (including phenoxy) is 3. The summed E-state index contributed by atoms with van der Waals surface area (Å²) >= 11 is 0. The van der Waals surface area contributed by atoms with Crippen molar-refractivity contribution in [2.75, 3.05) is 32.9 Å². The Bertz CT molecular complexity index is 479. The number of piperidine rings is 1. The number of aryl methyl sites for hydroxylation is 2. The molecule has 4 nitrogen and oxygen atoms in total. The van der Waals surface area contributed by atoms with E-state index in [4.69, 9.17) is 14.2 Å². The molecule has 0 radical (unpaired) electrons. The van der Waals surface area contributed by atoms with Crippen LogP contribution in [-0.2, 0) is 9.47 Å². The van der Waals surface area contributed by atoms with Crippen LogP contribution >= 0.6 is 0 Å². The molecule has 1 aromatic rings. The van der Waals surface area contributed by atoms with Crippen LogP contribution in [0.25, 0.3) is 0 Å². The van der Waals surface area contributed by atoms with E-state index in [0.717, 1.165) is 45.1 Å². The molecule has 2 saturated heterocycles. The summed E-state index contributed by atoms with van der Waals surface area (Å²) in [6.07, 6.45) is 4.76. The monoisotopic (exact) mass is 319 g/mol. The van der Waals surface area contributed by atoms with Gasteiger partial charge >= 0.3 is 0 Å². The highest BCUT2D eigenvalue weighted by Crippen LogP contribution is 2.25. The summed E-state index contributed by atoms with van der Waals surface area (Å²) in [4.78, 5) is 2.54. The van der Waals surface area contributed by atoms with Gasteiger partial charge in [-0.25, -0.2) is 0 Å². The van der Waals surface area contributed by atoms with Gasteiger partial charge in [-0.05, 0) is 50.8 Å². The first-order valence-corrected chi connectivity index (χ1v) is 8.92. The molecule has 0 bridgehead atoms. The van der Waals surface area contributed by atoms with E-state index in [1.54, 1.807) is 0 Å². The summed E-state index contributed by atoms with van der Waals surface area (Å²) < 4.78 is 17.5. The second kappa shape index (κ2) is 8.13. The van der Waals surface area contributed by atoms with Gasteiger partial charge in [-0.15, -0.1) is 0 Å². The Morgan fingerprint density at radius 1 is 1.13 bits per heavy atom.